The molecule has 2 rings (SSSR count). The second-order valence-electron chi connectivity index (χ2n) is 5.96. The highest BCUT2D eigenvalue weighted by Gasteiger charge is 2.31. The predicted octanol–water partition coefficient (Wildman–Crippen LogP) is 3.01. The van der Waals surface area contributed by atoms with Crippen LogP contribution in [-0.2, 0) is 0 Å². The van der Waals surface area contributed by atoms with Crippen molar-refractivity contribution in [3.63, 3.8) is 0 Å². The first kappa shape index (κ1) is 13.3. The summed E-state index contributed by atoms with van der Waals surface area (Å²) in [6.45, 7) is 6.64. The first-order valence-corrected chi connectivity index (χ1v) is 6.82. The highest BCUT2D eigenvalue weighted by molar-refractivity contribution is 7.80. The van der Waals surface area contributed by atoms with E-state index >= 15 is 0 Å². The van der Waals surface area contributed by atoms with Gasteiger partial charge in [0.15, 0.2) is 0 Å². The molecule has 1 fully saturated rings. The molecule has 0 saturated heterocycles. The summed E-state index contributed by atoms with van der Waals surface area (Å²) in [5.41, 5.74) is 8.18. The Hall–Kier alpha value is -1.16. The van der Waals surface area contributed by atoms with Gasteiger partial charge in [-0.15, -0.1) is 0 Å². The second-order valence-corrected chi connectivity index (χ2v) is 6.40. The Labute approximate surface area is 114 Å². The van der Waals surface area contributed by atoms with Crippen molar-refractivity contribution < 1.29 is 0 Å². The largest absolute Gasteiger partial charge is 0.389 e. The highest BCUT2D eigenvalue weighted by Crippen LogP contribution is 2.38. The van der Waals surface area contributed by atoms with Gasteiger partial charge in [0.25, 0.3) is 0 Å². The molecular formula is C14H21N3S. The van der Waals surface area contributed by atoms with E-state index < -0.39 is 0 Å². The van der Waals surface area contributed by atoms with Gasteiger partial charge in [-0.1, -0.05) is 26.1 Å². The first-order valence-electron chi connectivity index (χ1n) is 6.41. The zero-order valence-electron chi connectivity index (χ0n) is 11.3. The third kappa shape index (κ3) is 2.80. The van der Waals surface area contributed by atoms with Crippen LogP contribution in [0.3, 0.4) is 0 Å². The number of pyridine rings is 1. The molecule has 1 saturated carbocycles. The molecule has 1 aliphatic carbocycles. The number of anilines is 1. The summed E-state index contributed by atoms with van der Waals surface area (Å²) >= 11 is 5.12. The summed E-state index contributed by atoms with van der Waals surface area (Å²) in [6, 6.07) is 2.42. The normalized spacial score (nSPS) is 21.8. The molecule has 3 N–H and O–H groups in total. The Bertz CT molecular complexity index is 468. The van der Waals surface area contributed by atoms with Crippen molar-refractivity contribution in [2.24, 2.45) is 11.1 Å². The van der Waals surface area contributed by atoms with E-state index in [2.05, 4.69) is 24.1 Å². The summed E-state index contributed by atoms with van der Waals surface area (Å²) < 4.78 is 0. The average molecular weight is 263 g/mol. The van der Waals surface area contributed by atoms with Crippen molar-refractivity contribution in [1.82, 2.24) is 4.98 Å². The zero-order chi connectivity index (χ0) is 13.3. The van der Waals surface area contributed by atoms with Crippen LogP contribution in [-0.4, -0.2) is 16.0 Å². The summed E-state index contributed by atoms with van der Waals surface area (Å²) in [7, 11) is 0. The number of nitrogens with zero attached hydrogens (tertiary/aromatic N) is 1. The number of aryl methyl sites for hydroxylation is 1. The molecule has 0 amide bonds. The number of rotatable bonds is 3. The number of aromatic nitrogens is 1. The van der Waals surface area contributed by atoms with Crippen LogP contribution < -0.4 is 11.1 Å². The minimum atomic E-state index is 0.417. The topological polar surface area (TPSA) is 50.9 Å². The van der Waals surface area contributed by atoms with Gasteiger partial charge in [-0.25, -0.2) is 4.98 Å². The minimum absolute atomic E-state index is 0.417. The summed E-state index contributed by atoms with van der Waals surface area (Å²) in [5.74, 6) is 0.838. The Morgan fingerprint density at radius 2 is 2.28 bits per heavy atom. The van der Waals surface area contributed by atoms with Crippen molar-refractivity contribution in [3.05, 3.63) is 23.4 Å². The van der Waals surface area contributed by atoms with Crippen LogP contribution >= 0.6 is 12.2 Å². The fraction of sp³-hybridized carbons (Fsp3) is 0.571. The standard InChI is InChI=1S/C14H21N3S/c1-9-5-7-16-13(11(9)12(15)18)17-10-4-6-14(2,3)8-10/h5,7,10H,4,6,8H2,1-3H3,(H2,15,18)(H,16,17). The molecule has 18 heavy (non-hydrogen) atoms. The fourth-order valence-corrected chi connectivity index (χ4v) is 2.99. The third-order valence-electron chi connectivity index (χ3n) is 3.72. The van der Waals surface area contributed by atoms with E-state index in [0.717, 1.165) is 16.9 Å². The van der Waals surface area contributed by atoms with Crippen LogP contribution in [0.15, 0.2) is 12.3 Å². The maximum absolute atomic E-state index is 5.79. The molecule has 0 bridgehead atoms. The average Bonchev–Trinajstić information content (AvgIpc) is 2.57. The summed E-state index contributed by atoms with van der Waals surface area (Å²) in [4.78, 5) is 4.81. The van der Waals surface area contributed by atoms with E-state index in [9.17, 15) is 0 Å². The molecule has 98 valence electrons. The van der Waals surface area contributed by atoms with Crippen molar-refractivity contribution >= 4 is 23.0 Å². The number of nitrogens with one attached hydrogen (secondary N) is 1. The van der Waals surface area contributed by atoms with E-state index in [1.807, 2.05) is 13.0 Å². The summed E-state index contributed by atoms with van der Waals surface area (Å²) in [6.07, 6.45) is 5.40. The fourth-order valence-electron chi connectivity index (χ4n) is 2.73. The number of thiocarbonyl (C=S) groups is 1. The molecule has 1 aliphatic rings. The van der Waals surface area contributed by atoms with Crippen molar-refractivity contribution in [1.29, 1.82) is 0 Å². The SMILES string of the molecule is Cc1ccnc(NC2CCC(C)(C)C2)c1C(N)=S. The molecule has 4 heteroatoms. The molecular weight excluding hydrogens is 242 g/mol. The Kier molecular flexibility index (Phi) is 3.57. The van der Waals surface area contributed by atoms with Gasteiger partial charge < -0.3 is 11.1 Å². The first-order chi connectivity index (χ1) is 8.39. The van der Waals surface area contributed by atoms with Crippen molar-refractivity contribution in [3.8, 4) is 0 Å². The van der Waals surface area contributed by atoms with Crippen LogP contribution in [0.2, 0.25) is 0 Å². The molecule has 3 nitrogen and oxygen atoms in total. The Balaban J connectivity index is 2.20. The molecule has 1 aromatic rings. The maximum Gasteiger partial charge on any atom is 0.136 e. The van der Waals surface area contributed by atoms with Gasteiger partial charge >= 0.3 is 0 Å². The monoisotopic (exact) mass is 263 g/mol. The third-order valence-corrected chi connectivity index (χ3v) is 3.92. The van der Waals surface area contributed by atoms with Gasteiger partial charge in [0.2, 0.25) is 0 Å². The number of hydrogen-bond donors (Lipinski definition) is 2. The molecule has 1 unspecified atom stereocenters. The van der Waals surface area contributed by atoms with Gasteiger partial charge in [0, 0.05) is 12.2 Å². The molecule has 0 aromatic carbocycles. The van der Waals surface area contributed by atoms with Crippen molar-refractivity contribution in [2.75, 3.05) is 5.32 Å². The van der Waals surface area contributed by atoms with Crippen LogP contribution in [0.4, 0.5) is 5.82 Å². The lowest BCUT2D eigenvalue weighted by molar-refractivity contribution is 0.378. The molecule has 0 radical (unpaired) electrons. The van der Waals surface area contributed by atoms with Crippen LogP contribution in [0, 0.1) is 12.3 Å². The lowest BCUT2D eigenvalue weighted by Gasteiger charge is -2.20. The Morgan fingerprint density at radius 1 is 1.56 bits per heavy atom. The maximum atomic E-state index is 5.79. The molecule has 1 atom stereocenters. The molecule has 0 aliphatic heterocycles. The van der Waals surface area contributed by atoms with E-state index in [4.69, 9.17) is 18.0 Å². The van der Waals surface area contributed by atoms with Gasteiger partial charge in [-0.3, -0.25) is 0 Å². The van der Waals surface area contributed by atoms with Gasteiger partial charge in [0.1, 0.15) is 10.8 Å². The molecule has 0 spiro atoms. The second kappa shape index (κ2) is 4.84. The quantitative estimate of drug-likeness (QED) is 0.823. The zero-order valence-corrected chi connectivity index (χ0v) is 12.1. The van der Waals surface area contributed by atoms with Crippen LogP contribution in [0.25, 0.3) is 0 Å². The summed E-state index contributed by atoms with van der Waals surface area (Å²) in [5, 5.41) is 3.51. The Morgan fingerprint density at radius 3 is 2.83 bits per heavy atom. The van der Waals surface area contributed by atoms with E-state index in [1.54, 1.807) is 6.20 Å². The highest BCUT2D eigenvalue weighted by atomic mass is 32.1. The molecule has 1 heterocycles. The van der Waals surface area contributed by atoms with Crippen LogP contribution in [0.1, 0.15) is 44.2 Å². The van der Waals surface area contributed by atoms with E-state index in [1.165, 1.54) is 19.3 Å². The molecule has 1 aromatic heterocycles. The van der Waals surface area contributed by atoms with Gasteiger partial charge in [0.05, 0.1) is 5.56 Å². The lowest BCUT2D eigenvalue weighted by atomic mass is 9.92. The van der Waals surface area contributed by atoms with Gasteiger partial charge in [-0.05, 0) is 43.2 Å². The minimum Gasteiger partial charge on any atom is -0.389 e. The van der Waals surface area contributed by atoms with Crippen LogP contribution in [0.5, 0.6) is 0 Å². The van der Waals surface area contributed by atoms with E-state index in [0.29, 0.717) is 16.4 Å². The number of nitrogens with two attached hydrogens (primary N) is 1. The lowest BCUT2D eigenvalue weighted by Crippen LogP contribution is -2.22. The van der Waals surface area contributed by atoms with E-state index in [-0.39, 0.29) is 0 Å². The predicted molar refractivity (Wildman–Crippen MR) is 79.9 cm³/mol. The smallest absolute Gasteiger partial charge is 0.136 e. The van der Waals surface area contributed by atoms with Crippen molar-refractivity contribution in [2.45, 2.75) is 46.1 Å². The number of hydrogen-bond acceptors (Lipinski definition) is 3. The van der Waals surface area contributed by atoms with Gasteiger partial charge in [-0.2, -0.15) is 0 Å².